The number of hydrogen-bond acceptors (Lipinski definition) is 6. The van der Waals surface area contributed by atoms with E-state index < -0.39 is 63.0 Å². The van der Waals surface area contributed by atoms with Crippen molar-refractivity contribution >= 4 is 23.3 Å². The van der Waals surface area contributed by atoms with Gasteiger partial charge in [-0.2, -0.15) is 0 Å². The molecule has 0 spiro atoms. The molecule has 27 heavy (non-hydrogen) atoms. The Labute approximate surface area is 181 Å². The van der Waals surface area contributed by atoms with Gasteiger partial charge >= 0.3 is 0 Å². The monoisotopic (exact) mass is 395 g/mol. The summed E-state index contributed by atoms with van der Waals surface area (Å²) in [5.74, 6) is -0.425. The van der Waals surface area contributed by atoms with Gasteiger partial charge in [-0.15, -0.1) is 0 Å². The minimum Gasteiger partial charge on any atom is -0.394 e. The highest BCUT2D eigenvalue weighted by atomic mass is 32.2. The van der Waals surface area contributed by atoms with E-state index in [1.54, 1.807) is 42.5 Å². The number of nitrogens with zero attached hydrogens (tertiary/aromatic N) is 3. The summed E-state index contributed by atoms with van der Waals surface area (Å²) in [5, 5.41) is 9.01. The summed E-state index contributed by atoms with van der Waals surface area (Å²) in [6.45, 7) is -23.2. The number of benzene rings is 2. The van der Waals surface area contributed by atoms with Crippen LogP contribution >= 0.6 is 11.8 Å². The lowest BCUT2D eigenvalue weighted by molar-refractivity contribution is 0.0652. The van der Waals surface area contributed by atoms with Crippen molar-refractivity contribution in [3.63, 3.8) is 0 Å². The van der Waals surface area contributed by atoms with Gasteiger partial charge in [0.25, 0.3) is 0 Å². The van der Waals surface area contributed by atoms with Gasteiger partial charge in [0.2, 0.25) is 0 Å². The number of piperazine rings is 1. The van der Waals surface area contributed by atoms with Crippen LogP contribution in [0.3, 0.4) is 0 Å². The van der Waals surface area contributed by atoms with Gasteiger partial charge in [-0.3, -0.25) is 4.90 Å². The molecule has 2 aromatic carbocycles. The van der Waals surface area contributed by atoms with Gasteiger partial charge in [0.15, 0.2) is 0 Å². The van der Waals surface area contributed by atoms with Crippen LogP contribution in [0.5, 0.6) is 0 Å². The van der Waals surface area contributed by atoms with E-state index in [4.69, 9.17) is 26.3 Å². The van der Waals surface area contributed by atoms with E-state index in [0.717, 1.165) is 0 Å². The Morgan fingerprint density at radius 3 is 2.63 bits per heavy atom. The molecule has 2 aliphatic heterocycles. The highest BCUT2D eigenvalue weighted by molar-refractivity contribution is 7.99. The van der Waals surface area contributed by atoms with Crippen molar-refractivity contribution in [2.45, 2.75) is 9.79 Å². The topological polar surface area (TPSA) is 48.3 Å². The van der Waals surface area contributed by atoms with Crippen molar-refractivity contribution in [1.82, 2.24) is 9.80 Å². The highest BCUT2D eigenvalue weighted by Crippen LogP contribution is 2.40. The number of ether oxygens (including phenoxy) is 1. The molecule has 1 fully saturated rings. The molecule has 2 heterocycles. The second-order valence-corrected chi connectivity index (χ2v) is 6.49. The van der Waals surface area contributed by atoms with E-state index in [0.29, 0.717) is 15.5 Å². The van der Waals surface area contributed by atoms with Gasteiger partial charge in [-0.05, 0) is 18.2 Å². The summed E-state index contributed by atoms with van der Waals surface area (Å²) in [7, 11) is 0. The number of hydrogen-bond donors (Lipinski definition) is 1. The molecule has 0 atom stereocenters. The second-order valence-electron chi connectivity index (χ2n) is 5.41. The van der Waals surface area contributed by atoms with Crippen molar-refractivity contribution in [2.24, 2.45) is 4.99 Å². The van der Waals surface area contributed by atoms with Gasteiger partial charge in [-0.25, -0.2) is 4.99 Å². The van der Waals surface area contributed by atoms with Crippen molar-refractivity contribution < 1.29 is 26.3 Å². The number of para-hydroxylation sites is 1. The second kappa shape index (κ2) is 8.89. The molecule has 0 radical (unpaired) electrons. The molecule has 2 aliphatic rings. The molecule has 1 saturated heterocycles. The smallest absolute Gasteiger partial charge is 0.137 e. The van der Waals surface area contributed by atoms with Gasteiger partial charge in [0, 0.05) is 56.1 Å². The first-order valence-electron chi connectivity index (χ1n) is 14.2. The minimum atomic E-state index is -3.77. The summed E-state index contributed by atoms with van der Waals surface area (Å²) in [4.78, 5) is 5.42. The fraction of sp³-hybridized carbons (Fsp3) is 0.381. The van der Waals surface area contributed by atoms with Crippen LogP contribution in [-0.2, 0) is 4.74 Å². The Hall–Kier alpha value is -1.86. The normalized spacial score (nSPS) is 32.2. The summed E-state index contributed by atoms with van der Waals surface area (Å²) < 4.78 is 107. The van der Waals surface area contributed by atoms with Crippen LogP contribution in [0.4, 0.5) is 5.69 Å². The molecule has 4 rings (SSSR count). The molecule has 5 nitrogen and oxygen atoms in total. The average molecular weight is 396 g/mol. The summed E-state index contributed by atoms with van der Waals surface area (Å²) in [6.07, 6.45) is 0. The zero-order valence-corrected chi connectivity index (χ0v) is 15.0. The van der Waals surface area contributed by atoms with Gasteiger partial charge in [-0.1, -0.05) is 42.1 Å². The zero-order chi connectivity index (χ0) is 29.2. The Kier molecular flexibility index (Phi) is 2.99. The third kappa shape index (κ3) is 4.35. The maximum absolute atomic E-state index is 9.01. The number of aliphatic hydroxyl groups is 1. The molecule has 0 amide bonds. The van der Waals surface area contributed by atoms with Crippen molar-refractivity contribution in [3.05, 3.63) is 54.1 Å². The lowest BCUT2D eigenvalue weighted by atomic mass is 10.1. The van der Waals surface area contributed by atoms with Crippen LogP contribution < -0.4 is 0 Å². The number of aliphatic imine (C=N–C) groups is 1. The Balaban J connectivity index is 1.98. The molecular formula is C21H25N3O2S. The number of fused-ring (bicyclic) bond motifs is 2. The minimum absolute atomic E-state index is 0.191. The lowest BCUT2D eigenvalue weighted by Crippen LogP contribution is -2.49. The first kappa shape index (κ1) is 9.09. The predicted octanol–water partition coefficient (Wildman–Crippen LogP) is 2.86. The molecule has 0 saturated carbocycles. The van der Waals surface area contributed by atoms with Gasteiger partial charge in [0.05, 0.1) is 33.7 Å². The number of aliphatic hydroxyl groups excluding tert-OH is 1. The van der Waals surface area contributed by atoms with E-state index in [-0.39, 0.29) is 10.5 Å². The number of rotatable bonds is 5. The molecule has 1 N–H and O–H groups in total. The van der Waals surface area contributed by atoms with E-state index in [1.165, 1.54) is 17.8 Å². The quantitative estimate of drug-likeness (QED) is 0.844. The van der Waals surface area contributed by atoms with Crippen LogP contribution in [0.25, 0.3) is 0 Å². The maximum Gasteiger partial charge on any atom is 0.137 e. The van der Waals surface area contributed by atoms with E-state index in [2.05, 4.69) is 4.99 Å². The zero-order valence-electron chi connectivity index (χ0n) is 26.1. The van der Waals surface area contributed by atoms with Crippen LogP contribution in [0, 0.1) is 0 Å². The summed E-state index contributed by atoms with van der Waals surface area (Å²) >= 11 is 1.26. The van der Waals surface area contributed by atoms with Gasteiger partial charge < -0.3 is 14.7 Å². The van der Waals surface area contributed by atoms with E-state index >= 15 is 0 Å². The molecule has 142 valence electrons. The van der Waals surface area contributed by atoms with E-state index in [9.17, 15) is 0 Å². The molecule has 0 unspecified atom stereocenters. The standard InChI is InChI=1S/C21H25N3O2S/c25-14-16-26-15-13-23-9-11-24(12-10-23)21-17-5-1-3-7-19(17)27-20-8-4-2-6-18(20)22-21/h1-8,25H,9-16H2/i9D2,10D2,11D2,12D2,13D2,15D2. The van der Waals surface area contributed by atoms with Crippen LogP contribution in [0.1, 0.15) is 22.0 Å². The van der Waals surface area contributed by atoms with E-state index in [1.807, 2.05) is 0 Å². The summed E-state index contributed by atoms with van der Waals surface area (Å²) in [5.41, 5.74) is 0.490. The van der Waals surface area contributed by atoms with Crippen molar-refractivity contribution in [2.75, 3.05) is 52.3 Å². The Morgan fingerprint density at radius 1 is 1.07 bits per heavy atom. The molecule has 0 aromatic heterocycles. The van der Waals surface area contributed by atoms with Crippen molar-refractivity contribution in [3.8, 4) is 0 Å². The largest absolute Gasteiger partial charge is 0.394 e. The summed E-state index contributed by atoms with van der Waals surface area (Å²) in [6, 6.07) is 13.2. The first-order chi connectivity index (χ1) is 17.9. The fourth-order valence-electron chi connectivity index (χ4n) is 2.43. The first-order valence-corrected chi connectivity index (χ1v) is 8.98. The van der Waals surface area contributed by atoms with Crippen LogP contribution in [0.2, 0.25) is 0 Å². The Morgan fingerprint density at radius 2 is 1.81 bits per heavy atom. The number of amidine groups is 1. The molecular weight excluding hydrogens is 358 g/mol. The van der Waals surface area contributed by atoms with Gasteiger partial charge in [0.1, 0.15) is 5.84 Å². The molecule has 6 heteroatoms. The molecule has 2 aromatic rings. The third-order valence-corrected chi connectivity index (χ3v) is 4.76. The lowest BCUT2D eigenvalue weighted by Gasteiger charge is -2.36. The highest BCUT2D eigenvalue weighted by Gasteiger charge is 2.24. The molecule has 0 bridgehead atoms. The Bertz CT molecular complexity index is 1260. The van der Waals surface area contributed by atoms with Crippen molar-refractivity contribution in [1.29, 1.82) is 0 Å². The average Bonchev–Trinajstić information content (AvgIpc) is 2.97. The predicted molar refractivity (Wildman–Crippen MR) is 109 cm³/mol. The third-order valence-electron chi connectivity index (χ3n) is 3.62. The fourth-order valence-corrected chi connectivity index (χ4v) is 3.45. The molecule has 0 aliphatic carbocycles. The van der Waals surface area contributed by atoms with Crippen LogP contribution in [0.15, 0.2) is 63.3 Å². The maximum atomic E-state index is 9.01. The van der Waals surface area contributed by atoms with Crippen LogP contribution in [-0.4, -0.2) is 73.0 Å². The SMILES string of the molecule is [2H]C([2H])(OCCO)C([2H])([2H])N1C([2H])([2H])C([2H])([2H])N(C2=Nc3ccccc3Sc3ccccc32)C([2H])([2H])C1([2H])[2H].